The predicted octanol–water partition coefficient (Wildman–Crippen LogP) is 1.51. The van der Waals surface area contributed by atoms with Crippen molar-refractivity contribution in [2.24, 2.45) is 0 Å². The van der Waals surface area contributed by atoms with E-state index in [4.69, 9.17) is 0 Å². The summed E-state index contributed by atoms with van der Waals surface area (Å²) in [5, 5.41) is 13.6. The van der Waals surface area contributed by atoms with Gasteiger partial charge in [0, 0.05) is 36.5 Å². The minimum Gasteiger partial charge on any atom is -0.355 e. The molecule has 21 heavy (non-hydrogen) atoms. The van der Waals surface area contributed by atoms with Crippen LogP contribution in [-0.2, 0) is 4.79 Å². The van der Waals surface area contributed by atoms with Crippen molar-refractivity contribution in [3.05, 3.63) is 33.9 Å². The van der Waals surface area contributed by atoms with Crippen LogP contribution < -0.4 is 10.2 Å². The van der Waals surface area contributed by atoms with E-state index in [0.29, 0.717) is 18.8 Å². The molecule has 1 aromatic carbocycles. The molecule has 2 rings (SSSR count). The normalized spacial score (nSPS) is 17.3. The first-order valence-electron chi connectivity index (χ1n) is 6.60. The molecule has 1 amide bonds. The summed E-state index contributed by atoms with van der Waals surface area (Å²) in [4.78, 5) is 36.0. The molecule has 0 aromatic heterocycles. The highest BCUT2D eigenvalue weighted by Crippen LogP contribution is 2.32. The number of nitro benzene ring substituents is 1. The number of nitrogens with zero attached hydrogens (tertiary/aromatic N) is 2. The maximum absolute atomic E-state index is 12.0. The van der Waals surface area contributed by atoms with Gasteiger partial charge in [-0.15, -0.1) is 0 Å². The van der Waals surface area contributed by atoms with E-state index in [1.165, 1.54) is 25.1 Å². The van der Waals surface area contributed by atoms with Gasteiger partial charge < -0.3 is 10.2 Å². The van der Waals surface area contributed by atoms with Crippen LogP contribution in [0.4, 0.5) is 11.4 Å². The molecule has 1 fully saturated rings. The van der Waals surface area contributed by atoms with Crippen molar-refractivity contribution in [3.63, 3.8) is 0 Å². The number of carbonyl (C=O) groups is 2. The van der Waals surface area contributed by atoms with E-state index in [0.717, 1.165) is 0 Å². The first-order valence-corrected chi connectivity index (χ1v) is 6.60. The molecular weight excluding hydrogens is 274 g/mol. The molecule has 7 nitrogen and oxygen atoms in total. The Morgan fingerprint density at radius 3 is 2.67 bits per heavy atom. The number of hydrogen-bond donors (Lipinski definition) is 1. The second-order valence-corrected chi connectivity index (χ2v) is 5.48. The third-order valence-corrected chi connectivity index (χ3v) is 3.71. The van der Waals surface area contributed by atoms with Crippen molar-refractivity contribution < 1.29 is 14.5 Å². The first kappa shape index (κ1) is 15.0. The molecule has 1 aromatic rings. The summed E-state index contributed by atoms with van der Waals surface area (Å²) in [7, 11) is 0. The van der Waals surface area contributed by atoms with Crippen molar-refractivity contribution in [2.75, 3.05) is 18.0 Å². The second kappa shape index (κ2) is 5.16. The first-order chi connectivity index (χ1) is 9.75. The summed E-state index contributed by atoms with van der Waals surface area (Å²) in [6, 6.07) is 4.15. The fourth-order valence-electron chi connectivity index (χ4n) is 2.48. The molecule has 1 N–H and O–H groups in total. The largest absolute Gasteiger partial charge is 0.355 e. The Morgan fingerprint density at radius 1 is 1.43 bits per heavy atom. The van der Waals surface area contributed by atoms with E-state index >= 15 is 0 Å². The smallest absolute Gasteiger partial charge is 0.270 e. The van der Waals surface area contributed by atoms with Gasteiger partial charge >= 0.3 is 0 Å². The van der Waals surface area contributed by atoms with Crippen molar-refractivity contribution in [1.29, 1.82) is 0 Å². The zero-order valence-electron chi connectivity index (χ0n) is 12.2. The van der Waals surface area contributed by atoms with Gasteiger partial charge in [-0.05, 0) is 26.8 Å². The maximum atomic E-state index is 12.0. The highest BCUT2D eigenvalue weighted by atomic mass is 16.6. The Hall–Kier alpha value is -2.44. The monoisotopic (exact) mass is 291 g/mol. The molecule has 0 unspecified atom stereocenters. The number of carbonyl (C=O) groups excluding carboxylic acids is 2. The molecule has 1 aliphatic rings. The third-order valence-electron chi connectivity index (χ3n) is 3.71. The molecule has 7 heteroatoms. The lowest BCUT2D eigenvalue weighted by Crippen LogP contribution is -2.62. The number of Topliss-reactive ketones (excluding diaryl/α,β-unsaturated/α-hetero) is 1. The van der Waals surface area contributed by atoms with Gasteiger partial charge in [0.05, 0.1) is 4.92 Å². The Bertz CT molecular complexity index is 625. The summed E-state index contributed by atoms with van der Waals surface area (Å²) in [6.07, 6.45) is 0. The van der Waals surface area contributed by atoms with Crippen LogP contribution in [-0.4, -0.2) is 35.2 Å². The fourth-order valence-corrected chi connectivity index (χ4v) is 2.48. The molecule has 0 spiro atoms. The number of hydrogen-bond acceptors (Lipinski definition) is 5. The van der Waals surface area contributed by atoms with Gasteiger partial charge in [-0.1, -0.05) is 0 Å². The number of anilines is 1. The highest BCUT2D eigenvalue weighted by Gasteiger charge is 2.39. The fraction of sp³-hybridized carbons (Fsp3) is 0.429. The van der Waals surface area contributed by atoms with Crippen LogP contribution in [0, 0.1) is 10.1 Å². The average Bonchev–Trinajstić information content (AvgIpc) is 2.41. The second-order valence-electron chi connectivity index (χ2n) is 5.48. The van der Waals surface area contributed by atoms with E-state index in [2.05, 4.69) is 5.32 Å². The number of nitrogens with one attached hydrogen (secondary N) is 1. The number of ketones is 1. The lowest BCUT2D eigenvalue weighted by atomic mass is 9.95. The minimum atomic E-state index is -0.821. The summed E-state index contributed by atoms with van der Waals surface area (Å²) < 4.78 is 0. The SMILES string of the molecule is CC(=O)c1cc([N+](=O)[O-])ccc1N1CCNC(=O)C1(C)C. The third kappa shape index (κ3) is 2.58. The quantitative estimate of drug-likeness (QED) is 0.517. The van der Waals surface area contributed by atoms with Crippen LogP contribution in [0.3, 0.4) is 0 Å². The number of nitro groups is 1. The van der Waals surface area contributed by atoms with Gasteiger partial charge in [0.15, 0.2) is 5.78 Å². The lowest BCUT2D eigenvalue weighted by Gasteiger charge is -2.43. The van der Waals surface area contributed by atoms with Gasteiger partial charge in [0.25, 0.3) is 5.69 Å². The van der Waals surface area contributed by atoms with Crippen LogP contribution in [0.2, 0.25) is 0 Å². The number of piperazine rings is 1. The molecule has 0 aliphatic carbocycles. The van der Waals surface area contributed by atoms with Crippen LogP contribution in [0.5, 0.6) is 0 Å². The van der Waals surface area contributed by atoms with E-state index < -0.39 is 10.5 Å². The highest BCUT2D eigenvalue weighted by molar-refractivity contribution is 6.02. The Morgan fingerprint density at radius 2 is 2.10 bits per heavy atom. The van der Waals surface area contributed by atoms with E-state index in [1.807, 2.05) is 4.90 Å². The van der Waals surface area contributed by atoms with Crippen LogP contribution in [0.25, 0.3) is 0 Å². The average molecular weight is 291 g/mol. The number of benzene rings is 1. The molecule has 0 radical (unpaired) electrons. The molecule has 0 bridgehead atoms. The maximum Gasteiger partial charge on any atom is 0.270 e. The zero-order valence-corrected chi connectivity index (χ0v) is 12.2. The summed E-state index contributed by atoms with van der Waals surface area (Å²) in [5.41, 5.74) is -0.151. The molecular formula is C14H17N3O4. The van der Waals surface area contributed by atoms with Gasteiger partial charge in [0.1, 0.15) is 5.54 Å². The number of rotatable bonds is 3. The Balaban J connectivity index is 2.55. The van der Waals surface area contributed by atoms with Gasteiger partial charge in [-0.2, -0.15) is 0 Å². The van der Waals surface area contributed by atoms with Crippen LogP contribution >= 0.6 is 0 Å². The summed E-state index contributed by atoms with van der Waals surface area (Å²) in [6.45, 7) is 5.88. The minimum absolute atomic E-state index is 0.136. The van der Waals surface area contributed by atoms with Gasteiger partial charge in [0.2, 0.25) is 5.91 Å². The number of non-ortho nitro benzene ring substituents is 1. The van der Waals surface area contributed by atoms with E-state index in [1.54, 1.807) is 13.8 Å². The van der Waals surface area contributed by atoms with Crippen molar-refractivity contribution in [1.82, 2.24) is 5.32 Å². The number of amides is 1. The molecule has 0 atom stereocenters. The lowest BCUT2D eigenvalue weighted by molar-refractivity contribution is -0.384. The van der Waals surface area contributed by atoms with Crippen LogP contribution in [0.1, 0.15) is 31.1 Å². The predicted molar refractivity (Wildman–Crippen MR) is 77.5 cm³/mol. The molecule has 1 saturated heterocycles. The molecule has 0 saturated carbocycles. The van der Waals surface area contributed by atoms with Crippen LogP contribution in [0.15, 0.2) is 18.2 Å². The molecule has 112 valence electrons. The van der Waals surface area contributed by atoms with Crippen molar-refractivity contribution in [3.8, 4) is 0 Å². The molecule has 1 aliphatic heterocycles. The van der Waals surface area contributed by atoms with Crippen molar-refractivity contribution in [2.45, 2.75) is 26.3 Å². The van der Waals surface area contributed by atoms with Gasteiger partial charge in [-0.25, -0.2) is 0 Å². The topological polar surface area (TPSA) is 92.5 Å². The van der Waals surface area contributed by atoms with E-state index in [-0.39, 0.29) is 22.9 Å². The zero-order chi connectivity index (χ0) is 15.8. The summed E-state index contributed by atoms with van der Waals surface area (Å²) in [5.74, 6) is -0.405. The van der Waals surface area contributed by atoms with Crippen molar-refractivity contribution >= 4 is 23.1 Å². The van der Waals surface area contributed by atoms with E-state index in [9.17, 15) is 19.7 Å². The van der Waals surface area contributed by atoms with Gasteiger partial charge in [-0.3, -0.25) is 19.7 Å². The molecule has 1 heterocycles. The Labute approximate surface area is 122 Å². The summed E-state index contributed by atoms with van der Waals surface area (Å²) >= 11 is 0. The standard InChI is InChI=1S/C14H17N3O4/c1-9(18)11-8-10(17(20)21)4-5-12(11)16-7-6-15-13(19)14(16,2)3/h4-5,8H,6-7H2,1-3H3,(H,15,19). The Kier molecular flexibility index (Phi) is 3.67.